The molecule has 144 valence electrons. The molecule has 1 aliphatic rings. The van der Waals surface area contributed by atoms with Crippen molar-refractivity contribution in [3.05, 3.63) is 59.3 Å². The number of hydrogen-bond donors (Lipinski definition) is 1. The number of benzene rings is 1. The first kappa shape index (κ1) is 18.4. The van der Waals surface area contributed by atoms with Crippen LogP contribution in [-0.4, -0.2) is 46.1 Å². The Morgan fingerprint density at radius 2 is 1.64 bits per heavy atom. The van der Waals surface area contributed by atoms with Gasteiger partial charge in [-0.25, -0.2) is 19.3 Å². The second kappa shape index (κ2) is 7.93. The number of piperazine rings is 1. The van der Waals surface area contributed by atoms with E-state index < -0.39 is 5.82 Å². The van der Waals surface area contributed by atoms with Crippen LogP contribution in [0.2, 0.25) is 5.02 Å². The Balaban J connectivity index is 1.47. The molecule has 0 amide bonds. The number of hydrogen-bond acceptors (Lipinski definition) is 7. The minimum atomic E-state index is -0.452. The SMILES string of the molecule is Cc1cc(Nc2ccc(F)c(Cl)c2)nc(N2CCN(c3ncccn3)CC2)n1. The van der Waals surface area contributed by atoms with Crippen molar-refractivity contribution >= 4 is 35.0 Å². The third-order valence-corrected chi connectivity index (χ3v) is 4.72. The van der Waals surface area contributed by atoms with Crippen molar-refractivity contribution in [2.75, 3.05) is 41.3 Å². The molecule has 0 saturated carbocycles. The number of anilines is 4. The van der Waals surface area contributed by atoms with E-state index in [1.165, 1.54) is 12.1 Å². The second-order valence-corrected chi connectivity index (χ2v) is 6.88. The molecular weight excluding hydrogens is 381 g/mol. The topological polar surface area (TPSA) is 70.1 Å². The highest BCUT2D eigenvalue weighted by Gasteiger charge is 2.21. The Bertz CT molecular complexity index is 962. The van der Waals surface area contributed by atoms with Crippen LogP contribution in [0.15, 0.2) is 42.7 Å². The molecule has 1 fully saturated rings. The summed E-state index contributed by atoms with van der Waals surface area (Å²) >= 11 is 5.86. The first-order chi connectivity index (χ1) is 13.6. The predicted molar refractivity (Wildman–Crippen MR) is 108 cm³/mol. The van der Waals surface area contributed by atoms with E-state index in [0.29, 0.717) is 17.5 Å². The predicted octanol–water partition coefficient (Wildman–Crippen LogP) is 3.44. The summed E-state index contributed by atoms with van der Waals surface area (Å²) in [5.41, 5.74) is 1.51. The molecule has 3 aromatic rings. The van der Waals surface area contributed by atoms with Crippen molar-refractivity contribution in [3.63, 3.8) is 0 Å². The Labute approximate surface area is 167 Å². The summed E-state index contributed by atoms with van der Waals surface area (Å²) in [5.74, 6) is 1.58. The fourth-order valence-electron chi connectivity index (χ4n) is 3.04. The average Bonchev–Trinajstić information content (AvgIpc) is 2.71. The van der Waals surface area contributed by atoms with Crippen LogP contribution in [0, 0.1) is 12.7 Å². The molecule has 2 aromatic heterocycles. The van der Waals surface area contributed by atoms with Crippen molar-refractivity contribution < 1.29 is 4.39 Å². The van der Waals surface area contributed by atoms with E-state index in [1.54, 1.807) is 18.5 Å². The molecular formula is C19H19ClFN7. The van der Waals surface area contributed by atoms with Crippen molar-refractivity contribution in [2.45, 2.75) is 6.92 Å². The number of rotatable bonds is 4. The molecule has 1 N–H and O–H groups in total. The lowest BCUT2D eigenvalue weighted by Gasteiger charge is -2.34. The maximum Gasteiger partial charge on any atom is 0.227 e. The minimum Gasteiger partial charge on any atom is -0.340 e. The summed E-state index contributed by atoms with van der Waals surface area (Å²) in [5, 5.41) is 3.23. The van der Waals surface area contributed by atoms with E-state index in [9.17, 15) is 4.39 Å². The van der Waals surface area contributed by atoms with Crippen LogP contribution >= 0.6 is 11.6 Å². The van der Waals surface area contributed by atoms with Crippen LogP contribution in [0.25, 0.3) is 0 Å². The second-order valence-electron chi connectivity index (χ2n) is 6.47. The maximum absolute atomic E-state index is 13.4. The molecule has 0 spiro atoms. The van der Waals surface area contributed by atoms with E-state index in [-0.39, 0.29) is 5.02 Å². The zero-order chi connectivity index (χ0) is 19.5. The lowest BCUT2D eigenvalue weighted by Crippen LogP contribution is -2.47. The molecule has 1 aromatic carbocycles. The lowest BCUT2D eigenvalue weighted by atomic mass is 10.3. The van der Waals surface area contributed by atoms with Gasteiger partial charge in [0.15, 0.2) is 0 Å². The highest BCUT2D eigenvalue weighted by molar-refractivity contribution is 6.31. The van der Waals surface area contributed by atoms with Crippen LogP contribution in [0.5, 0.6) is 0 Å². The van der Waals surface area contributed by atoms with Crippen molar-refractivity contribution in [2.24, 2.45) is 0 Å². The van der Waals surface area contributed by atoms with Gasteiger partial charge in [-0.3, -0.25) is 0 Å². The highest BCUT2D eigenvalue weighted by Crippen LogP contribution is 2.24. The fourth-order valence-corrected chi connectivity index (χ4v) is 3.22. The van der Waals surface area contributed by atoms with Gasteiger partial charge in [-0.15, -0.1) is 0 Å². The Morgan fingerprint density at radius 3 is 2.32 bits per heavy atom. The first-order valence-corrected chi connectivity index (χ1v) is 9.31. The monoisotopic (exact) mass is 399 g/mol. The smallest absolute Gasteiger partial charge is 0.227 e. The zero-order valence-electron chi connectivity index (χ0n) is 15.3. The largest absolute Gasteiger partial charge is 0.340 e. The molecule has 7 nitrogen and oxygen atoms in total. The van der Waals surface area contributed by atoms with Gasteiger partial charge in [-0.05, 0) is 31.2 Å². The molecule has 4 rings (SSSR count). The van der Waals surface area contributed by atoms with Crippen LogP contribution in [0.4, 0.5) is 27.8 Å². The summed E-state index contributed by atoms with van der Waals surface area (Å²) in [7, 11) is 0. The molecule has 0 aliphatic carbocycles. The normalized spacial score (nSPS) is 14.2. The van der Waals surface area contributed by atoms with Crippen LogP contribution in [-0.2, 0) is 0 Å². The number of aryl methyl sites for hydroxylation is 1. The van der Waals surface area contributed by atoms with Gasteiger partial charge in [0, 0.05) is 56.0 Å². The molecule has 0 radical (unpaired) electrons. The minimum absolute atomic E-state index is 0.0651. The van der Waals surface area contributed by atoms with Gasteiger partial charge < -0.3 is 15.1 Å². The lowest BCUT2D eigenvalue weighted by molar-refractivity contribution is 0.627. The fraction of sp³-hybridized carbons (Fsp3) is 0.263. The van der Waals surface area contributed by atoms with Crippen molar-refractivity contribution in [1.82, 2.24) is 19.9 Å². The summed E-state index contributed by atoms with van der Waals surface area (Å²) in [6, 6.07) is 8.13. The van der Waals surface area contributed by atoms with Gasteiger partial charge >= 0.3 is 0 Å². The molecule has 1 saturated heterocycles. The van der Waals surface area contributed by atoms with Gasteiger partial charge in [0.2, 0.25) is 11.9 Å². The van der Waals surface area contributed by atoms with E-state index in [4.69, 9.17) is 11.6 Å². The van der Waals surface area contributed by atoms with Crippen LogP contribution in [0.1, 0.15) is 5.69 Å². The molecule has 0 atom stereocenters. The maximum atomic E-state index is 13.4. The standard InChI is InChI=1S/C19H19ClFN7/c1-13-11-17(25-14-3-4-16(21)15(20)12-14)26-19(24-13)28-9-7-27(8-10-28)18-22-5-2-6-23-18/h2-6,11-12H,7-10H2,1H3,(H,24,25,26). The van der Waals surface area contributed by atoms with Gasteiger partial charge in [0.1, 0.15) is 11.6 Å². The molecule has 0 unspecified atom stereocenters. The molecule has 3 heterocycles. The van der Waals surface area contributed by atoms with Crippen molar-refractivity contribution in [3.8, 4) is 0 Å². The number of nitrogens with one attached hydrogen (secondary N) is 1. The quantitative estimate of drug-likeness (QED) is 0.720. The third kappa shape index (κ3) is 4.12. The van der Waals surface area contributed by atoms with Gasteiger partial charge in [0.05, 0.1) is 5.02 Å². The van der Waals surface area contributed by atoms with E-state index in [0.717, 1.165) is 37.8 Å². The molecule has 1 aliphatic heterocycles. The summed E-state index contributed by atoms with van der Waals surface area (Å²) < 4.78 is 13.4. The van der Waals surface area contributed by atoms with Crippen LogP contribution < -0.4 is 15.1 Å². The molecule has 28 heavy (non-hydrogen) atoms. The van der Waals surface area contributed by atoms with E-state index in [1.807, 2.05) is 19.1 Å². The summed E-state index contributed by atoms with van der Waals surface area (Å²) in [6.45, 7) is 5.03. The van der Waals surface area contributed by atoms with E-state index >= 15 is 0 Å². The van der Waals surface area contributed by atoms with Gasteiger partial charge in [-0.2, -0.15) is 4.98 Å². The average molecular weight is 400 g/mol. The first-order valence-electron chi connectivity index (χ1n) is 8.93. The van der Waals surface area contributed by atoms with Gasteiger partial charge in [0.25, 0.3) is 0 Å². The Morgan fingerprint density at radius 1 is 0.964 bits per heavy atom. The van der Waals surface area contributed by atoms with Gasteiger partial charge in [-0.1, -0.05) is 11.6 Å². The number of nitrogens with zero attached hydrogens (tertiary/aromatic N) is 6. The Kier molecular flexibility index (Phi) is 5.21. The third-order valence-electron chi connectivity index (χ3n) is 4.43. The Hall–Kier alpha value is -3.00. The van der Waals surface area contributed by atoms with Crippen molar-refractivity contribution in [1.29, 1.82) is 0 Å². The molecule has 0 bridgehead atoms. The van der Waals surface area contributed by atoms with E-state index in [2.05, 4.69) is 35.1 Å². The van der Waals surface area contributed by atoms with Crippen LogP contribution in [0.3, 0.4) is 0 Å². The zero-order valence-corrected chi connectivity index (χ0v) is 16.1. The number of aromatic nitrogens is 4. The summed E-state index contributed by atoms with van der Waals surface area (Å²) in [6.07, 6.45) is 3.50. The summed E-state index contributed by atoms with van der Waals surface area (Å²) in [4.78, 5) is 22.1. The highest BCUT2D eigenvalue weighted by atomic mass is 35.5. The molecule has 9 heteroatoms. The number of halogens is 2.